The fourth-order valence-electron chi connectivity index (χ4n) is 2.06. The lowest BCUT2D eigenvalue weighted by Crippen LogP contribution is -2.31. The Morgan fingerprint density at radius 3 is 2.57 bits per heavy atom. The summed E-state index contributed by atoms with van der Waals surface area (Å²) in [5.41, 5.74) is 7.39. The summed E-state index contributed by atoms with van der Waals surface area (Å²) in [6.45, 7) is 4.09. The van der Waals surface area contributed by atoms with Crippen LogP contribution in [-0.2, 0) is 0 Å². The molecule has 0 aliphatic carbocycles. The largest absolute Gasteiger partial charge is 0.493 e. The Hall–Kier alpha value is -1.04. The van der Waals surface area contributed by atoms with Crippen LogP contribution in [0.25, 0.3) is 0 Å². The van der Waals surface area contributed by atoms with Gasteiger partial charge in [-0.1, -0.05) is 13.0 Å². The number of methoxy groups -OCH3 is 1. The summed E-state index contributed by atoms with van der Waals surface area (Å²) in [5.74, 6) is 1.46. The molecule has 2 rings (SSSR count). The second-order valence-corrected chi connectivity index (χ2v) is 7.40. The van der Waals surface area contributed by atoms with Crippen molar-refractivity contribution in [2.24, 2.45) is 5.73 Å². The van der Waals surface area contributed by atoms with Gasteiger partial charge in [-0.15, -0.1) is 11.3 Å². The van der Waals surface area contributed by atoms with Crippen LogP contribution in [-0.4, -0.2) is 13.2 Å². The van der Waals surface area contributed by atoms with Crippen molar-refractivity contribution < 1.29 is 9.47 Å². The average Bonchev–Trinajstić information content (AvgIpc) is 2.91. The number of rotatable bonds is 6. The Morgan fingerprint density at radius 2 is 2.00 bits per heavy atom. The number of hydrogen-bond acceptors (Lipinski definition) is 4. The van der Waals surface area contributed by atoms with E-state index in [9.17, 15) is 0 Å². The molecule has 0 saturated carbocycles. The van der Waals surface area contributed by atoms with Crippen molar-refractivity contribution in [3.63, 3.8) is 0 Å². The maximum absolute atomic E-state index is 6.25. The lowest BCUT2D eigenvalue weighted by Gasteiger charge is -2.24. The summed E-state index contributed by atoms with van der Waals surface area (Å²) in [6, 6.07) is 9.92. The number of halogens is 1. The molecule has 114 valence electrons. The summed E-state index contributed by atoms with van der Waals surface area (Å²) < 4.78 is 12.7. The third kappa shape index (κ3) is 3.99. The van der Waals surface area contributed by atoms with Gasteiger partial charge in [0, 0.05) is 10.9 Å². The molecule has 0 spiro atoms. The van der Waals surface area contributed by atoms with E-state index < -0.39 is 0 Å². The summed E-state index contributed by atoms with van der Waals surface area (Å²) in [5, 5.41) is 0. The molecule has 0 saturated heterocycles. The standard InChI is InChI=1S/C16H20BrNO2S/c1-4-11(18)16(14-7-8-15(17)21-14)20-12-6-5-10(2)9-13(12)19-3/h5-9,11,16H,4,18H2,1-3H3. The Balaban J connectivity index is 2.31. The molecule has 0 amide bonds. The molecular weight excluding hydrogens is 350 g/mol. The van der Waals surface area contributed by atoms with Crippen LogP contribution in [0.1, 0.15) is 29.9 Å². The van der Waals surface area contributed by atoms with Gasteiger partial charge in [-0.2, -0.15) is 0 Å². The smallest absolute Gasteiger partial charge is 0.162 e. The van der Waals surface area contributed by atoms with Gasteiger partial charge in [0.2, 0.25) is 0 Å². The minimum atomic E-state index is -0.178. The maximum atomic E-state index is 6.25. The normalized spacial score (nSPS) is 13.8. The topological polar surface area (TPSA) is 44.5 Å². The minimum absolute atomic E-state index is 0.0680. The highest BCUT2D eigenvalue weighted by Crippen LogP contribution is 2.36. The molecule has 1 heterocycles. The molecule has 0 fully saturated rings. The Kier molecular flexibility index (Phi) is 5.67. The highest BCUT2D eigenvalue weighted by Gasteiger charge is 2.23. The van der Waals surface area contributed by atoms with Crippen LogP contribution in [0.5, 0.6) is 11.5 Å². The number of benzene rings is 1. The zero-order valence-electron chi connectivity index (χ0n) is 12.4. The summed E-state index contributed by atoms with van der Waals surface area (Å²) in [4.78, 5) is 1.11. The molecule has 2 N–H and O–H groups in total. The first-order valence-corrected chi connectivity index (χ1v) is 8.48. The molecule has 0 radical (unpaired) electrons. The first-order valence-electron chi connectivity index (χ1n) is 6.87. The van der Waals surface area contributed by atoms with Crippen LogP contribution in [0.4, 0.5) is 0 Å². The fourth-order valence-corrected chi connectivity index (χ4v) is 3.59. The first kappa shape index (κ1) is 16.3. The summed E-state index contributed by atoms with van der Waals surface area (Å²) >= 11 is 5.14. The molecule has 2 atom stereocenters. The van der Waals surface area contributed by atoms with E-state index >= 15 is 0 Å². The van der Waals surface area contributed by atoms with Crippen LogP contribution in [0.15, 0.2) is 34.1 Å². The van der Waals surface area contributed by atoms with Crippen molar-refractivity contribution in [1.82, 2.24) is 0 Å². The monoisotopic (exact) mass is 369 g/mol. The van der Waals surface area contributed by atoms with E-state index in [1.807, 2.05) is 31.2 Å². The van der Waals surface area contributed by atoms with Gasteiger partial charge >= 0.3 is 0 Å². The van der Waals surface area contributed by atoms with Crippen molar-refractivity contribution in [2.75, 3.05) is 7.11 Å². The van der Waals surface area contributed by atoms with Gasteiger partial charge < -0.3 is 15.2 Å². The zero-order chi connectivity index (χ0) is 15.4. The number of ether oxygens (including phenoxy) is 2. The van der Waals surface area contributed by atoms with Gasteiger partial charge in [-0.25, -0.2) is 0 Å². The van der Waals surface area contributed by atoms with Gasteiger partial charge in [0.1, 0.15) is 6.10 Å². The van der Waals surface area contributed by atoms with Gasteiger partial charge in [0.15, 0.2) is 11.5 Å². The molecule has 2 aromatic rings. The number of nitrogens with two attached hydrogens (primary N) is 1. The van der Waals surface area contributed by atoms with Crippen LogP contribution >= 0.6 is 27.3 Å². The molecule has 1 aromatic heterocycles. The predicted octanol–water partition coefficient (Wildman–Crippen LogP) is 4.69. The first-order chi connectivity index (χ1) is 10.0. The van der Waals surface area contributed by atoms with Crippen molar-refractivity contribution >= 4 is 27.3 Å². The number of aryl methyl sites for hydroxylation is 1. The second-order valence-electron chi connectivity index (χ2n) is 4.91. The molecule has 0 aliphatic heterocycles. The van der Waals surface area contributed by atoms with Crippen LogP contribution in [0.2, 0.25) is 0 Å². The molecule has 21 heavy (non-hydrogen) atoms. The number of hydrogen-bond donors (Lipinski definition) is 1. The van der Waals surface area contributed by atoms with Crippen molar-refractivity contribution in [3.05, 3.63) is 44.6 Å². The third-order valence-electron chi connectivity index (χ3n) is 3.31. The molecule has 5 heteroatoms. The lowest BCUT2D eigenvalue weighted by molar-refractivity contribution is 0.168. The van der Waals surface area contributed by atoms with Gasteiger partial charge in [-0.05, 0) is 59.1 Å². The molecule has 3 nitrogen and oxygen atoms in total. The average molecular weight is 370 g/mol. The maximum Gasteiger partial charge on any atom is 0.162 e. The van der Waals surface area contributed by atoms with E-state index in [-0.39, 0.29) is 12.1 Å². The van der Waals surface area contributed by atoms with Gasteiger partial charge in [0.05, 0.1) is 10.9 Å². The predicted molar refractivity (Wildman–Crippen MR) is 91.4 cm³/mol. The van der Waals surface area contributed by atoms with Crippen LogP contribution in [0.3, 0.4) is 0 Å². The van der Waals surface area contributed by atoms with Crippen molar-refractivity contribution in [3.8, 4) is 11.5 Å². The SMILES string of the molecule is CCC(N)C(Oc1ccc(C)cc1OC)c1ccc(Br)s1. The minimum Gasteiger partial charge on any atom is -0.493 e. The third-order valence-corrected chi connectivity index (χ3v) is 4.99. The van der Waals surface area contributed by atoms with E-state index in [1.54, 1.807) is 18.4 Å². The summed E-state index contributed by atoms with van der Waals surface area (Å²) in [6.07, 6.45) is 0.664. The van der Waals surface area contributed by atoms with E-state index in [0.717, 1.165) is 32.1 Å². The second kappa shape index (κ2) is 7.29. The van der Waals surface area contributed by atoms with Gasteiger partial charge in [-0.3, -0.25) is 0 Å². The molecular formula is C16H20BrNO2S. The Bertz CT molecular complexity index is 600. The molecule has 2 unspecified atom stereocenters. The van der Waals surface area contributed by atoms with Gasteiger partial charge in [0.25, 0.3) is 0 Å². The van der Waals surface area contributed by atoms with E-state index in [4.69, 9.17) is 15.2 Å². The Morgan fingerprint density at radius 1 is 1.24 bits per heavy atom. The fraction of sp³-hybridized carbons (Fsp3) is 0.375. The van der Waals surface area contributed by atoms with E-state index in [0.29, 0.717) is 0 Å². The quantitative estimate of drug-likeness (QED) is 0.803. The van der Waals surface area contributed by atoms with E-state index in [2.05, 4.69) is 28.9 Å². The number of thiophene rings is 1. The van der Waals surface area contributed by atoms with Crippen molar-refractivity contribution in [2.45, 2.75) is 32.4 Å². The molecule has 0 aliphatic rings. The Labute approximate surface area is 138 Å². The van der Waals surface area contributed by atoms with E-state index in [1.165, 1.54) is 0 Å². The highest BCUT2D eigenvalue weighted by atomic mass is 79.9. The van der Waals surface area contributed by atoms with Crippen LogP contribution in [0, 0.1) is 6.92 Å². The zero-order valence-corrected chi connectivity index (χ0v) is 14.8. The highest BCUT2D eigenvalue weighted by molar-refractivity contribution is 9.11. The van der Waals surface area contributed by atoms with Crippen molar-refractivity contribution in [1.29, 1.82) is 0 Å². The lowest BCUT2D eigenvalue weighted by atomic mass is 10.1. The van der Waals surface area contributed by atoms with Crippen LogP contribution < -0.4 is 15.2 Å². The molecule has 0 bridgehead atoms. The molecule has 1 aromatic carbocycles. The summed E-state index contributed by atoms with van der Waals surface area (Å²) in [7, 11) is 1.65.